The SMILES string of the molecule is O=C1Cc2cc(C(=O)c3cc(Br)sc3Br)ccc2N1. The topological polar surface area (TPSA) is 46.2 Å². The van der Waals surface area contributed by atoms with E-state index in [2.05, 4.69) is 37.2 Å². The number of carbonyl (C=O) groups is 2. The molecule has 3 rings (SSSR count). The van der Waals surface area contributed by atoms with Crippen LogP contribution in [-0.4, -0.2) is 11.7 Å². The fraction of sp³-hybridized carbons (Fsp3) is 0.0769. The average molecular weight is 401 g/mol. The van der Waals surface area contributed by atoms with Crippen molar-refractivity contribution in [2.24, 2.45) is 0 Å². The van der Waals surface area contributed by atoms with Gasteiger partial charge in [-0.1, -0.05) is 0 Å². The van der Waals surface area contributed by atoms with Gasteiger partial charge in [-0.25, -0.2) is 0 Å². The van der Waals surface area contributed by atoms with Gasteiger partial charge in [-0.3, -0.25) is 9.59 Å². The Morgan fingerprint density at radius 2 is 2.05 bits per heavy atom. The number of thiophene rings is 1. The molecule has 96 valence electrons. The van der Waals surface area contributed by atoms with Crippen LogP contribution in [0.5, 0.6) is 0 Å². The smallest absolute Gasteiger partial charge is 0.228 e. The van der Waals surface area contributed by atoms with Gasteiger partial charge in [-0.15, -0.1) is 11.3 Å². The predicted octanol–water partition coefficient (Wildman–Crippen LogP) is 4.00. The number of hydrogen-bond donors (Lipinski definition) is 1. The molecule has 0 radical (unpaired) electrons. The van der Waals surface area contributed by atoms with Crippen molar-refractivity contribution in [2.45, 2.75) is 6.42 Å². The molecule has 1 N–H and O–H groups in total. The quantitative estimate of drug-likeness (QED) is 0.774. The van der Waals surface area contributed by atoms with E-state index in [4.69, 9.17) is 0 Å². The van der Waals surface area contributed by atoms with Crippen LogP contribution < -0.4 is 5.32 Å². The molecule has 1 aromatic heterocycles. The second-order valence-corrected chi connectivity index (χ2v) is 7.91. The highest BCUT2D eigenvalue weighted by molar-refractivity contribution is 9.12. The minimum absolute atomic E-state index is 0.0287. The van der Waals surface area contributed by atoms with Crippen LogP contribution >= 0.6 is 43.2 Å². The zero-order valence-electron chi connectivity index (χ0n) is 9.50. The number of rotatable bonds is 2. The Morgan fingerprint density at radius 3 is 2.74 bits per heavy atom. The molecule has 2 heterocycles. The average Bonchev–Trinajstić information content (AvgIpc) is 2.88. The zero-order chi connectivity index (χ0) is 13.6. The summed E-state index contributed by atoms with van der Waals surface area (Å²) in [5, 5.41) is 2.75. The first-order valence-electron chi connectivity index (χ1n) is 5.47. The maximum absolute atomic E-state index is 12.4. The molecule has 0 bridgehead atoms. The van der Waals surface area contributed by atoms with Crippen molar-refractivity contribution in [2.75, 3.05) is 5.32 Å². The molecule has 0 saturated heterocycles. The molecule has 1 aliphatic rings. The second-order valence-electron chi connectivity index (χ2n) is 4.16. The highest BCUT2D eigenvalue weighted by atomic mass is 79.9. The van der Waals surface area contributed by atoms with Crippen LogP contribution in [-0.2, 0) is 11.2 Å². The largest absolute Gasteiger partial charge is 0.326 e. The maximum Gasteiger partial charge on any atom is 0.228 e. The van der Waals surface area contributed by atoms with E-state index in [1.165, 1.54) is 11.3 Å². The van der Waals surface area contributed by atoms with Crippen LogP contribution in [0.25, 0.3) is 0 Å². The third kappa shape index (κ3) is 2.40. The Balaban J connectivity index is 1.99. The minimum Gasteiger partial charge on any atom is -0.326 e. The number of fused-ring (bicyclic) bond motifs is 1. The summed E-state index contributed by atoms with van der Waals surface area (Å²) in [6.07, 6.45) is 0.338. The van der Waals surface area contributed by atoms with Crippen molar-refractivity contribution >= 4 is 60.6 Å². The molecule has 0 fully saturated rings. The van der Waals surface area contributed by atoms with Crippen LogP contribution in [0.1, 0.15) is 21.5 Å². The molecule has 1 amide bonds. The fourth-order valence-electron chi connectivity index (χ4n) is 2.02. The molecule has 0 aliphatic carbocycles. The van der Waals surface area contributed by atoms with Gasteiger partial charge in [0.2, 0.25) is 5.91 Å². The molecule has 0 atom stereocenters. The van der Waals surface area contributed by atoms with Gasteiger partial charge in [0.25, 0.3) is 0 Å². The summed E-state index contributed by atoms with van der Waals surface area (Å²) < 4.78 is 1.71. The van der Waals surface area contributed by atoms with Crippen molar-refractivity contribution in [3.63, 3.8) is 0 Å². The minimum atomic E-state index is -0.0454. The van der Waals surface area contributed by atoms with Gasteiger partial charge in [0, 0.05) is 16.8 Å². The van der Waals surface area contributed by atoms with Crippen LogP contribution in [0.4, 0.5) is 5.69 Å². The van der Waals surface area contributed by atoms with E-state index in [-0.39, 0.29) is 11.7 Å². The lowest BCUT2D eigenvalue weighted by Crippen LogP contribution is -2.03. The summed E-state index contributed by atoms with van der Waals surface area (Å²) >= 11 is 8.22. The third-order valence-electron chi connectivity index (χ3n) is 2.89. The lowest BCUT2D eigenvalue weighted by atomic mass is 10.0. The Bertz CT molecular complexity index is 709. The molecule has 3 nitrogen and oxygen atoms in total. The van der Waals surface area contributed by atoms with E-state index in [0.29, 0.717) is 17.5 Å². The van der Waals surface area contributed by atoms with Gasteiger partial charge in [-0.05, 0) is 61.7 Å². The predicted molar refractivity (Wildman–Crippen MR) is 81.9 cm³/mol. The first-order valence-corrected chi connectivity index (χ1v) is 7.87. The summed E-state index contributed by atoms with van der Waals surface area (Å²) in [5.74, 6) is -0.0740. The number of benzene rings is 1. The van der Waals surface area contributed by atoms with Gasteiger partial charge in [0.15, 0.2) is 5.78 Å². The molecule has 6 heteroatoms. The highest BCUT2D eigenvalue weighted by Crippen LogP contribution is 2.34. The number of carbonyl (C=O) groups excluding carboxylic acids is 2. The first kappa shape index (κ1) is 13.0. The van der Waals surface area contributed by atoms with E-state index in [0.717, 1.165) is 18.8 Å². The van der Waals surface area contributed by atoms with Crippen molar-refractivity contribution in [3.8, 4) is 0 Å². The van der Waals surface area contributed by atoms with Gasteiger partial charge >= 0.3 is 0 Å². The second kappa shape index (κ2) is 4.85. The lowest BCUT2D eigenvalue weighted by Gasteiger charge is -2.03. The number of anilines is 1. The normalized spacial score (nSPS) is 13.3. The summed E-state index contributed by atoms with van der Waals surface area (Å²) in [7, 11) is 0. The summed E-state index contributed by atoms with van der Waals surface area (Å²) in [6, 6.07) is 7.11. The van der Waals surface area contributed by atoms with E-state index in [1.54, 1.807) is 24.3 Å². The maximum atomic E-state index is 12.4. The molecule has 1 aliphatic heterocycles. The van der Waals surface area contributed by atoms with Crippen molar-refractivity contribution in [1.29, 1.82) is 0 Å². The number of amides is 1. The van der Waals surface area contributed by atoms with Gasteiger partial charge < -0.3 is 5.32 Å². The highest BCUT2D eigenvalue weighted by Gasteiger charge is 2.21. The zero-order valence-corrected chi connectivity index (χ0v) is 13.5. The van der Waals surface area contributed by atoms with E-state index in [1.807, 2.05) is 0 Å². The van der Waals surface area contributed by atoms with E-state index < -0.39 is 0 Å². The molecule has 0 unspecified atom stereocenters. The van der Waals surface area contributed by atoms with Crippen LogP contribution in [0, 0.1) is 0 Å². The standard InChI is InChI=1S/C13H7Br2NO2S/c14-10-5-8(13(15)19-10)12(18)6-1-2-9-7(3-6)4-11(17)16-9/h1-3,5H,4H2,(H,16,17). The van der Waals surface area contributed by atoms with Gasteiger partial charge in [0.05, 0.1) is 14.0 Å². The monoisotopic (exact) mass is 399 g/mol. The van der Waals surface area contributed by atoms with Gasteiger partial charge in [-0.2, -0.15) is 0 Å². The number of ketones is 1. The number of hydrogen-bond acceptors (Lipinski definition) is 3. The fourth-order valence-corrected chi connectivity index (χ4v) is 4.81. The first-order chi connectivity index (χ1) is 9.04. The van der Waals surface area contributed by atoms with E-state index >= 15 is 0 Å². The summed E-state index contributed by atoms with van der Waals surface area (Å²) in [6.45, 7) is 0. The number of halogens is 2. The summed E-state index contributed by atoms with van der Waals surface area (Å²) in [5.41, 5.74) is 2.91. The summed E-state index contributed by atoms with van der Waals surface area (Å²) in [4.78, 5) is 23.7. The molecular formula is C13H7Br2NO2S. The van der Waals surface area contributed by atoms with Crippen molar-refractivity contribution in [1.82, 2.24) is 0 Å². The van der Waals surface area contributed by atoms with Crippen LogP contribution in [0.2, 0.25) is 0 Å². The Kier molecular flexibility index (Phi) is 3.32. The number of nitrogens with one attached hydrogen (secondary N) is 1. The van der Waals surface area contributed by atoms with E-state index in [9.17, 15) is 9.59 Å². The lowest BCUT2D eigenvalue weighted by molar-refractivity contribution is -0.115. The molecule has 0 saturated carbocycles. The van der Waals surface area contributed by atoms with Crippen molar-refractivity contribution < 1.29 is 9.59 Å². The van der Waals surface area contributed by atoms with Crippen LogP contribution in [0.15, 0.2) is 31.8 Å². The van der Waals surface area contributed by atoms with Crippen molar-refractivity contribution in [3.05, 3.63) is 48.5 Å². The molecular weight excluding hydrogens is 394 g/mol. The molecule has 1 aromatic carbocycles. The Labute approximate surface area is 130 Å². The van der Waals surface area contributed by atoms with Gasteiger partial charge in [0.1, 0.15) is 0 Å². The Morgan fingerprint density at radius 1 is 1.26 bits per heavy atom. The molecule has 0 spiro atoms. The molecule has 19 heavy (non-hydrogen) atoms. The third-order valence-corrected chi connectivity index (χ3v) is 5.23. The Hall–Kier alpha value is -0.980. The van der Waals surface area contributed by atoms with Crippen LogP contribution in [0.3, 0.4) is 0 Å². The molecule has 2 aromatic rings.